The number of hydrogen-bond donors (Lipinski definition) is 1. The molecule has 0 aliphatic rings. The molecular weight excluding hydrogens is 222 g/mol. The molecule has 15 heavy (non-hydrogen) atoms. The SMILES string of the molecule is CCC(=O)c1ccc(OC(F)F)c(S)c1. The monoisotopic (exact) mass is 232 g/mol. The predicted octanol–water partition coefficient (Wildman–Crippen LogP) is 3.17. The number of carbonyl (C=O) groups is 1. The molecule has 5 heteroatoms. The zero-order valence-corrected chi connectivity index (χ0v) is 8.93. The van der Waals surface area contributed by atoms with E-state index in [-0.39, 0.29) is 16.4 Å². The van der Waals surface area contributed by atoms with E-state index in [0.717, 1.165) is 0 Å². The lowest BCUT2D eigenvalue weighted by Crippen LogP contribution is -2.03. The van der Waals surface area contributed by atoms with Gasteiger partial charge >= 0.3 is 6.61 Å². The fourth-order valence-electron chi connectivity index (χ4n) is 1.09. The Hall–Kier alpha value is -1.10. The van der Waals surface area contributed by atoms with Crippen molar-refractivity contribution < 1.29 is 18.3 Å². The highest BCUT2D eigenvalue weighted by molar-refractivity contribution is 7.80. The molecule has 0 saturated carbocycles. The molecule has 2 nitrogen and oxygen atoms in total. The van der Waals surface area contributed by atoms with Crippen molar-refractivity contribution in [3.8, 4) is 5.75 Å². The van der Waals surface area contributed by atoms with Gasteiger partial charge in [-0.2, -0.15) is 8.78 Å². The van der Waals surface area contributed by atoms with Crippen molar-refractivity contribution in [1.29, 1.82) is 0 Å². The van der Waals surface area contributed by atoms with Crippen molar-refractivity contribution >= 4 is 18.4 Å². The van der Waals surface area contributed by atoms with Crippen molar-refractivity contribution in [2.75, 3.05) is 0 Å². The maximum absolute atomic E-state index is 11.9. The molecule has 1 aromatic carbocycles. The minimum Gasteiger partial charge on any atom is -0.434 e. The van der Waals surface area contributed by atoms with Crippen LogP contribution in [0.25, 0.3) is 0 Å². The molecule has 0 heterocycles. The first-order valence-corrected chi connectivity index (χ1v) is 4.80. The van der Waals surface area contributed by atoms with E-state index in [9.17, 15) is 13.6 Å². The molecule has 1 rings (SSSR count). The molecule has 0 N–H and O–H groups in total. The lowest BCUT2D eigenvalue weighted by molar-refractivity contribution is -0.0516. The molecule has 1 aromatic rings. The Labute approximate surface area is 91.7 Å². The van der Waals surface area contributed by atoms with Gasteiger partial charge in [-0.25, -0.2) is 0 Å². The van der Waals surface area contributed by atoms with Gasteiger partial charge in [0.15, 0.2) is 5.78 Å². The molecule has 0 radical (unpaired) electrons. The van der Waals surface area contributed by atoms with Crippen LogP contribution in [-0.4, -0.2) is 12.4 Å². The van der Waals surface area contributed by atoms with Crippen LogP contribution in [0.15, 0.2) is 23.1 Å². The summed E-state index contributed by atoms with van der Waals surface area (Å²) < 4.78 is 28.0. The Kier molecular flexibility index (Phi) is 4.08. The summed E-state index contributed by atoms with van der Waals surface area (Å²) in [6.07, 6.45) is 0.363. The van der Waals surface area contributed by atoms with Crippen molar-refractivity contribution in [2.24, 2.45) is 0 Å². The number of carbonyl (C=O) groups excluding carboxylic acids is 1. The van der Waals surface area contributed by atoms with Crippen molar-refractivity contribution in [2.45, 2.75) is 24.9 Å². The van der Waals surface area contributed by atoms with Gasteiger partial charge in [0.25, 0.3) is 0 Å². The first kappa shape index (κ1) is 12.0. The maximum atomic E-state index is 11.9. The maximum Gasteiger partial charge on any atom is 0.387 e. The molecule has 0 amide bonds. The topological polar surface area (TPSA) is 26.3 Å². The Balaban J connectivity index is 2.93. The molecule has 0 aliphatic carbocycles. The summed E-state index contributed by atoms with van der Waals surface area (Å²) >= 11 is 3.97. The zero-order valence-electron chi connectivity index (χ0n) is 8.04. The Morgan fingerprint density at radius 1 is 1.53 bits per heavy atom. The number of Topliss-reactive ketones (excluding diaryl/α,β-unsaturated/α-hetero) is 1. The fraction of sp³-hybridized carbons (Fsp3) is 0.300. The van der Waals surface area contributed by atoms with Gasteiger partial charge in [0.05, 0.1) is 0 Å². The number of halogens is 2. The van der Waals surface area contributed by atoms with E-state index >= 15 is 0 Å². The lowest BCUT2D eigenvalue weighted by atomic mass is 10.1. The summed E-state index contributed by atoms with van der Waals surface area (Å²) in [5.41, 5.74) is 0.448. The van der Waals surface area contributed by atoms with Gasteiger partial charge in [-0.3, -0.25) is 4.79 Å². The average molecular weight is 232 g/mol. The van der Waals surface area contributed by atoms with Crippen molar-refractivity contribution in [3.05, 3.63) is 23.8 Å². The van der Waals surface area contributed by atoms with E-state index in [4.69, 9.17) is 0 Å². The molecule has 0 bridgehead atoms. The van der Waals surface area contributed by atoms with Crippen LogP contribution in [-0.2, 0) is 0 Å². The van der Waals surface area contributed by atoms with E-state index in [0.29, 0.717) is 12.0 Å². The van der Waals surface area contributed by atoms with Crippen LogP contribution in [0, 0.1) is 0 Å². The fourth-order valence-corrected chi connectivity index (χ4v) is 1.36. The van der Waals surface area contributed by atoms with Crippen molar-refractivity contribution in [1.82, 2.24) is 0 Å². The van der Waals surface area contributed by atoms with Gasteiger partial charge < -0.3 is 4.74 Å². The van der Waals surface area contributed by atoms with Crippen LogP contribution in [0.5, 0.6) is 5.75 Å². The first-order valence-electron chi connectivity index (χ1n) is 4.35. The highest BCUT2D eigenvalue weighted by Crippen LogP contribution is 2.25. The van der Waals surface area contributed by atoms with Gasteiger partial charge in [0.1, 0.15) is 5.75 Å². The summed E-state index contributed by atoms with van der Waals surface area (Å²) in [4.78, 5) is 11.5. The van der Waals surface area contributed by atoms with Crippen LogP contribution >= 0.6 is 12.6 Å². The molecule has 0 aromatic heterocycles. The van der Waals surface area contributed by atoms with Gasteiger partial charge in [0, 0.05) is 16.9 Å². The standard InChI is InChI=1S/C10H10F2O2S/c1-2-7(13)6-3-4-8(9(15)5-6)14-10(11)12/h3-5,10,15H,2H2,1H3. The summed E-state index contributed by atoms with van der Waals surface area (Å²) in [6.45, 7) is -1.16. The van der Waals surface area contributed by atoms with Gasteiger partial charge in [-0.05, 0) is 18.2 Å². The van der Waals surface area contributed by atoms with Crippen LogP contribution < -0.4 is 4.74 Å². The molecule has 0 fully saturated rings. The van der Waals surface area contributed by atoms with Crippen LogP contribution in [0.3, 0.4) is 0 Å². The molecule has 0 atom stereocenters. The molecule has 0 saturated heterocycles. The Bertz CT molecular complexity index is 366. The van der Waals surface area contributed by atoms with E-state index in [2.05, 4.69) is 17.4 Å². The quantitative estimate of drug-likeness (QED) is 0.637. The predicted molar refractivity (Wildman–Crippen MR) is 54.9 cm³/mol. The lowest BCUT2D eigenvalue weighted by Gasteiger charge is -2.08. The second-order valence-corrected chi connectivity index (χ2v) is 3.32. The Morgan fingerprint density at radius 2 is 2.20 bits per heavy atom. The van der Waals surface area contributed by atoms with Gasteiger partial charge in [-0.15, -0.1) is 12.6 Å². The molecular formula is C10H10F2O2S. The number of hydrogen-bond acceptors (Lipinski definition) is 3. The summed E-state index contributed by atoms with van der Waals surface area (Å²) in [5.74, 6) is -0.0881. The highest BCUT2D eigenvalue weighted by Gasteiger charge is 2.10. The third-order valence-corrected chi connectivity index (χ3v) is 2.17. The van der Waals surface area contributed by atoms with E-state index < -0.39 is 6.61 Å². The summed E-state index contributed by atoms with van der Waals surface area (Å²) in [6, 6.07) is 4.19. The number of alkyl halides is 2. The van der Waals surface area contributed by atoms with E-state index in [1.807, 2.05) is 0 Å². The second-order valence-electron chi connectivity index (χ2n) is 2.84. The van der Waals surface area contributed by atoms with Gasteiger partial charge in [0.2, 0.25) is 0 Å². The minimum atomic E-state index is -2.89. The first-order chi connectivity index (χ1) is 7.04. The number of rotatable bonds is 4. The normalized spacial score (nSPS) is 10.5. The smallest absolute Gasteiger partial charge is 0.387 e. The number of benzene rings is 1. The van der Waals surface area contributed by atoms with E-state index in [1.54, 1.807) is 6.92 Å². The third kappa shape index (κ3) is 3.20. The molecule has 0 unspecified atom stereocenters. The number of thiol groups is 1. The third-order valence-electron chi connectivity index (χ3n) is 1.82. The van der Waals surface area contributed by atoms with Crippen molar-refractivity contribution in [3.63, 3.8) is 0 Å². The molecule has 0 spiro atoms. The average Bonchev–Trinajstić information content (AvgIpc) is 2.19. The minimum absolute atomic E-state index is 0.0269. The van der Waals surface area contributed by atoms with Crippen LogP contribution in [0.2, 0.25) is 0 Å². The summed E-state index contributed by atoms with van der Waals surface area (Å²) in [7, 11) is 0. The van der Waals surface area contributed by atoms with E-state index in [1.165, 1.54) is 18.2 Å². The van der Waals surface area contributed by atoms with Gasteiger partial charge in [-0.1, -0.05) is 6.92 Å². The largest absolute Gasteiger partial charge is 0.434 e. The molecule has 82 valence electrons. The number of ketones is 1. The second kappa shape index (κ2) is 5.11. The summed E-state index contributed by atoms with van der Waals surface area (Å²) in [5, 5.41) is 0. The zero-order chi connectivity index (χ0) is 11.4. The Morgan fingerprint density at radius 3 is 2.67 bits per heavy atom. The number of ether oxygens (including phenoxy) is 1. The van der Waals surface area contributed by atoms with Crippen LogP contribution in [0.1, 0.15) is 23.7 Å². The highest BCUT2D eigenvalue weighted by atomic mass is 32.1. The van der Waals surface area contributed by atoms with Crippen LogP contribution in [0.4, 0.5) is 8.78 Å². The molecule has 0 aliphatic heterocycles.